The summed E-state index contributed by atoms with van der Waals surface area (Å²) < 4.78 is 7.14. The van der Waals surface area contributed by atoms with Crippen LogP contribution in [0.2, 0.25) is 5.02 Å². The molecule has 0 saturated heterocycles. The van der Waals surface area contributed by atoms with Crippen molar-refractivity contribution in [2.75, 3.05) is 11.9 Å². The van der Waals surface area contributed by atoms with E-state index in [1.807, 2.05) is 0 Å². The minimum Gasteiger partial charge on any atom is -0.454 e. The number of esters is 1. The highest BCUT2D eigenvalue weighted by Gasteiger charge is 2.14. The number of imidazole rings is 1. The monoisotopic (exact) mass is 387 g/mol. The molecule has 1 heterocycles. The predicted molar refractivity (Wildman–Crippen MR) is 102 cm³/mol. The molecule has 3 aromatic rings. The van der Waals surface area contributed by atoms with Crippen molar-refractivity contribution in [3.05, 3.63) is 58.9 Å². The molecule has 0 aliphatic rings. The van der Waals surface area contributed by atoms with Crippen molar-refractivity contribution >= 4 is 40.2 Å². The highest BCUT2D eigenvalue weighted by Crippen LogP contribution is 2.21. The summed E-state index contributed by atoms with van der Waals surface area (Å²) in [6, 6.07) is 11.7. The number of rotatable bonds is 6. The number of anilines is 1. The van der Waals surface area contributed by atoms with E-state index in [1.54, 1.807) is 47.0 Å². The second kappa shape index (κ2) is 8.20. The first-order chi connectivity index (χ1) is 13.0. The van der Waals surface area contributed by atoms with Crippen molar-refractivity contribution in [2.24, 2.45) is 0 Å². The van der Waals surface area contributed by atoms with Gasteiger partial charge in [-0.3, -0.25) is 4.79 Å². The molecule has 1 aromatic heterocycles. The SMILES string of the molecule is CC(=O)Nc1cccc(C(=O)OCc2nc3ccc(Cl)cc3n2CCO)c1. The maximum atomic E-state index is 12.4. The van der Waals surface area contributed by atoms with E-state index in [-0.39, 0.29) is 19.1 Å². The molecule has 3 rings (SSSR count). The number of aliphatic hydroxyl groups excluding tert-OH is 1. The normalized spacial score (nSPS) is 10.8. The number of halogens is 1. The Bertz CT molecular complexity index is 1000. The lowest BCUT2D eigenvalue weighted by molar-refractivity contribution is -0.114. The lowest BCUT2D eigenvalue weighted by Crippen LogP contribution is -2.12. The van der Waals surface area contributed by atoms with Crippen LogP contribution in [0.3, 0.4) is 0 Å². The molecule has 0 aliphatic carbocycles. The molecular weight excluding hydrogens is 370 g/mol. The number of aliphatic hydroxyl groups is 1. The summed E-state index contributed by atoms with van der Waals surface area (Å²) in [6.07, 6.45) is 0. The van der Waals surface area contributed by atoms with Gasteiger partial charge >= 0.3 is 5.97 Å². The summed E-state index contributed by atoms with van der Waals surface area (Å²) in [6.45, 7) is 1.55. The van der Waals surface area contributed by atoms with Gasteiger partial charge in [-0.05, 0) is 36.4 Å². The minimum atomic E-state index is -0.539. The Balaban J connectivity index is 1.79. The van der Waals surface area contributed by atoms with Gasteiger partial charge in [-0.15, -0.1) is 0 Å². The van der Waals surface area contributed by atoms with Gasteiger partial charge in [0.25, 0.3) is 0 Å². The second-order valence-corrected chi connectivity index (χ2v) is 6.31. The molecule has 8 heteroatoms. The molecule has 1 amide bonds. The standard InChI is InChI=1S/C19H18ClN3O4/c1-12(25)21-15-4-2-3-13(9-15)19(26)27-11-18-22-16-6-5-14(20)10-17(16)23(18)7-8-24/h2-6,9-10,24H,7-8,11H2,1H3,(H,21,25). The zero-order valence-corrected chi connectivity index (χ0v) is 15.4. The third-order valence-corrected chi connectivity index (χ3v) is 4.10. The summed E-state index contributed by atoms with van der Waals surface area (Å²) in [5, 5.41) is 12.5. The number of fused-ring (bicyclic) bond motifs is 1. The largest absolute Gasteiger partial charge is 0.454 e. The van der Waals surface area contributed by atoms with Crippen molar-refractivity contribution in [1.82, 2.24) is 9.55 Å². The Labute approximate surface area is 160 Å². The van der Waals surface area contributed by atoms with Gasteiger partial charge in [-0.25, -0.2) is 9.78 Å². The molecule has 0 bridgehead atoms. The summed E-state index contributed by atoms with van der Waals surface area (Å²) in [5.41, 5.74) is 2.29. The third-order valence-electron chi connectivity index (χ3n) is 3.86. The van der Waals surface area contributed by atoms with Crippen molar-refractivity contribution in [3.63, 3.8) is 0 Å². The summed E-state index contributed by atoms with van der Waals surface area (Å²) in [7, 11) is 0. The van der Waals surface area contributed by atoms with Crippen LogP contribution in [0.4, 0.5) is 5.69 Å². The van der Waals surface area contributed by atoms with Crippen LogP contribution in [0.5, 0.6) is 0 Å². The lowest BCUT2D eigenvalue weighted by atomic mass is 10.2. The average Bonchev–Trinajstić information content (AvgIpc) is 2.97. The van der Waals surface area contributed by atoms with Crippen LogP contribution in [-0.2, 0) is 22.7 Å². The minimum absolute atomic E-state index is 0.0600. The van der Waals surface area contributed by atoms with Crippen molar-refractivity contribution in [2.45, 2.75) is 20.1 Å². The molecule has 2 aromatic carbocycles. The van der Waals surface area contributed by atoms with Gasteiger partial charge in [0.1, 0.15) is 12.4 Å². The molecular formula is C19H18ClN3O4. The predicted octanol–water partition coefficient (Wildman–Crippen LogP) is 3.00. The van der Waals surface area contributed by atoms with E-state index in [1.165, 1.54) is 6.92 Å². The molecule has 0 fully saturated rings. The summed E-state index contributed by atoms with van der Waals surface area (Å²) >= 11 is 6.04. The van der Waals surface area contributed by atoms with E-state index in [4.69, 9.17) is 16.3 Å². The lowest BCUT2D eigenvalue weighted by Gasteiger charge is -2.09. The van der Waals surface area contributed by atoms with Crippen LogP contribution in [0.15, 0.2) is 42.5 Å². The maximum Gasteiger partial charge on any atom is 0.338 e. The second-order valence-electron chi connectivity index (χ2n) is 5.87. The first-order valence-electron chi connectivity index (χ1n) is 8.28. The highest BCUT2D eigenvalue weighted by molar-refractivity contribution is 6.31. The van der Waals surface area contributed by atoms with E-state index >= 15 is 0 Å². The van der Waals surface area contributed by atoms with Crippen molar-refractivity contribution in [1.29, 1.82) is 0 Å². The number of hydrogen-bond acceptors (Lipinski definition) is 5. The zero-order chi connectivity index (χ0) is 19.4. The number of nitrogens with zero attached hydrogens (tertiary/aromatic N) is 2. The number of carbonyl (C=O) groups is 2. The van der Waals surface area contributed by atoms with Gasteiger partial charge < -0.3 is 19.7 Å². The van der Waals surface area contributed by atoms with Gasteiger partial charge in [0.15, 0.2) is 0 Å². The molecule has 0 saturated carbocycles. The Morgan fingerprint density at radius 3 is 2.81 bits per heavy atom. The van der Waals surface area contributed by atoms with E-state index < -0.39 is 5.97 Å². The topological polar surface area (TPSA) is 93.5 Å². The number of benzene rings is 2. The molecule has 0 unspecified atom stereocenters. The number of nitrogens with one attached hydrogen (secondary N) is 1. The van der Waals surface area contributed by atoms with Crippen LogP contribution in [-0.4, -0.2) is 33.1 Å². The fraction of sp³-hybridized carbons (Fsp3) is 0.211. The van der Waals surface area contributed by atoms with E-state index in [2.05, 4.69) is 10.3 Å². The Morgan fingerprint density at radius 1 is 1.26 bits per heavy atom. The first-order valence-corrected chi connectivity index (χ1v) is 8.66. The van der Waals surface area contributed by atoms with Crippen LogP contribution in [0.1, 0.15) is 23.1 Å². The van der Waals surface area contributed by atoms with Gasteiger partial charge in [0.05, 0.1) is 23.2 Å². The zero-order valence-electron chi connectivity index (χ0n) is 14.6. The molecule has 2 N–H and O–H groups in total. The summed E-state index contributed by atoms with van der Waals surface area (Å²) in [4.78, 5) is 28.0. The quantitative estimate of drug-likeness (QED) is 0.634. The molecule has 140 valence electrons. The Morgan fingerprint density at radius 2 is 2.07 bits per heavy atom. The number of aromatic nitrogens is 2. The van der Waals surface area contributed by atoms with Crippen molar-refractivity contribution < 1.29 is 19.4 Å². The Hall–Kier alpha value is -2.90. The number of amides is 1. The van der Waals surface area contributed by atoms with Gasteiger partial charge in [0, 0.05) is 24.2 Å². The van der Waals surface area contributed by atoms with Gasteiger partial charge in [-0.2, -0.15) is 0 Å². The molecule has 0 atom stereocenters. The Kier molecular flexibility index (Phi) is 5.73. The number of carbonyl (C=O) groups excluding carboxylic acids is 2. The summed E-state index contributed by atoms with van der Waals surface area (Å²) in [5.74, 6) is -0.257. The molecule has 7 nitrogen and oxygen atoms in total. The van der Waals surface area contributed by atoms with Crippen molar-refractivity contribution in [3.8, 4) is 0 Å². The first kappa shape index (κ1) is 18.9. The smallest absolute Gasteiger partial charge is 0.338 e. The van der Waals surface area contributed by atoms with Crippen LogP contribution >= 0.6 is 11.6 Å². The van der Waals surface area contributed by atoms with E-state index in [0.717, 1.165) is 5.52 Å². The average molecular weight is 388 g/mol. The fourth-order valence-corrected chi connectivity index (χ4v) is 2.91. The molecule has 0 radical (unpaired) electrons. The number of ether oxygens (including phenoxy) is 1. The third kappa shape index (κ3) is 4.45. The molecule has 0 spiro atoms. The van der Waals surface area contributed by atoms with E-state index in [9.17, 15) is 14.7 Å². The van der Waals surface area contributed by atoms with Crippen LogP contribution in [0.25, 0.3) is 11.0 Å². The van der Waals surface area contributed by atoms with Gasteiger partial charge in [-0.1, -0.05) is 17.7 Å². The fourth-order valence-electron chi connectivity index (χ4n) is 2.75. The van der Waals surface area contributed by atoms with Gasteiger partial charge in [0.2, 0.25) is 5.91 Å². The van der Waals surface area contributed by atoms with Crippen LogP contribution < -0.4 is 5.32 Å². The maximum absolute atomic E-state index is 12.4. The molecule has 27 heavy (non-hydrogen) atoms. The molecule has 0 aliphatic heterocycles. The number of hydrogen-bond donors (Lipinski definition) is 2. The van der Waals surface area contributed by atoms with Crippen LogP contribution in [0, 0.1) is 0 Å². The van der Waals surface area contributed by atoms with E-state index in [0.29, 0.717) is 34.2 Å². The highest BCUT2D eigenvalue weighted by atomic mass is 35.5.